The van der Waals surface area contributed by atoms with Crippen LogP contribution >= 0.6 is 11.3 Å². The van der Waals surface area contributed by atoms with Crippen molar-refractivity contribution in [3.8, 4) is 0 Å². The zero-order chi connectivity index (χ0) is 12.1. The van der Waals surface area contributed by atoms with Crippen LogP contribution in [0.5, 0.6) is 0 Å². The molecule has 16 heavy (non-hydrogen) atoms. The first kappa shape index (κ1) is 12.4. The number of aliphatic carboxylic acids is 1. The normalized spacial score (nSPS) is 11.9. The van der Waals surface area contributed by atoms with Crippen LogP contribution in [0, 0.1) is 6.92 Å². The average molecular weight is 243 g/mol. The van der Waals surface area contributed by atoms with E-state index in [1.165, 1.54) is 18.3 Å². The Morgan fingerprint density at radius 1 is 1.62 bits per heavy atom. The van der Waals surface area contributed by atoms with Gasteiger partial charge in [0.05, 0.1) is 6.54 Å². The number of aryl methyl sites for hydroxylation is 1. The van der Waals surface area contributed by atoms with E-state index in [0.29, 0.717) is 6.54 Å². The summed E-state index contributed by atoms with van der Waals surface area (Å²) in [6.07, 6.45) is 1.72. The van der Waals surface area contributed by atoms with Crippen molar-refractivity contribution in [2.24, 2.45) is 0 Å². The molecule has 0 radical (unpaired) electrons. The molecule has 3 N–H and O–H groups in total. The smallest absolute Gasteiger partial charge is 0.325 e. The number of hydrogen-bond acceptors (Lipinski definition) is 4. The monoisotopic (exact) mass is 243 g/mol. The molecule has 0 aliphatic rings. The van der Waals surface area contributed by atoms with Crippen LogP contribution in [-0.4, -0.2) is 28.1 Å². The highest BCUT2D eigenvalue weighted by Gasteiger charge is 2.13. The maximum absolute atomic E-state index is 11.2. The molecule has 1 atom stereocenters. The first-order valence-electron chi connectivity index (χ1n) is 4.67. The Kier molecular flexibility index (Phi) is 4.24. The molecule has 0 aromatic carbocycles. The highest BCUT2D eigenvalue weighted by atomic mass is 32.1. The summed E-state index contributed by atoms with van der Waals surface area (Å²) in [7, 11) is 0. The van der Waals surface area contributed by atoms with E-state index in [1.54, 1.807) is 6.20 Å². The molecule has 0 aliphatic carbocycles. The second kappa shape index (κ2) is 5.45. The van der Waals surface area contributed by atoms with E-state index < -0.39 is 18.0 Å². The van der Waals surface area contributed by atoms with Gasteiger partial charge in [-0.15, -0.1) is 11.3 Å². The first-order chi connectivity index (χ1) is 7.49. The summed E-state index contributed by atoms with van der Waals surface area (Å²) in [4.78, 5) is 26.8. The van der Waals surface area contributed by atoms with Crippen molar-refractivity contribution < 1.29 is 14.7 Å². The van der Waals surface area contributed by atoms with Crippen molar-refractivity contribution in [1.82, 2.24) is 15.6 Å². The second-order valence-corrected chi connectivity index (χ2v) is 4.57. The molecule has 0 saturated heterocycles. The third-order valence-electron chi connectivity index (χ3n) is 1.79. The van der Waals surface area contributed by atoms with Gasteiger partial charge in [0.1, 0.15) is 11.0 Å². The fourth-order valence-electron chi connectivity index (χ4n) is 0.948. The van der Waals surface area contributed by atoms with Crippen molar-refractivity contribution in [2.45, 2.75) is 26.4 Å². The molecule has 1 aromatic heterocycles. The Morgan fingerprint density at radius 2 is 2.31 bits per heavy atom. The number of hydrogen-bond donors (Lipinski definition) is 3. The lowest BCUT2D eigenvalue weighted by atomic mass is 10.3. The van der Waals surface area contributed by atoms with Gasteiger partial charge in [0.15, 0.2) is 0 Å². The van der Waals surface area contributed by atoms with Crippen LogP contribution in [0.25, 0.3) is 0 Å². The Balaban J connectivity index is 2.33. The summed E-state index contributed by atoms with van der Waals surface area (Å²) < 4.78 is 0. The Morgan fingerprint density at radius 3 is 2.81 bits per heavy atom. The highest BCUT2D eigenvalue weighted by Crippen LogP contribution is 2.10. The van der Waals surface area contributed by atoms with Gasteiger partial charge in [0.2, 0.25) is 0 Å². The number of aromatic nitrogens is 1. The molecular weight excluding hydrogens is 230 g/mol. The van der Waals surface area contributed by atoms with Crippen LogP contribution in [0.3, 0.4) is 0 Å². The third-order valence-corrected chi connectivity index (χ3v) is 2.70. The van der Waals surface area contributed by atoms with Gasteiger partial charge in [0, 0.05) is 11.1 Å². The number of thiazole rings is 1. The van der Waals surface area contributed by atoms with E-state index in [1.807, 2.05) is 6.92 Å². The summed E-state index contributed by atoms with van der Waals surface area (Å²) in [6.45, 7) is 3.62. The maximum atomic E-state index is 11.2. The number of amides is 2. The minimum Gasteiger partial charge on any atom is -0.480 e. The van der Waals surface area contributed by atoms with Gasteiger partial charge < -0.3 is 15.7 Å². The predicted molar refractivity (Wildman–Crippen MR) is 59.3 cm³/mol. The van der Waals surface area contributed by atoms with Crippen LogP contribution in [-0.2, 0) is 11.3 Å². The number of carbonyl (C=O) groups is 2. The Hall–Kier alpha value is -1.63. The van der Waals surface area contributed by atoms with Crippen LogP contribution in [0.1, 0.15) is 16.8 Å². The molecule has 7 heteroatoms. The van der Waals surface area contributed by atoms with Gasteiger partial charge in [0.25, 0.3) is 0 Å². The van der Waals surface area contributed by atoms with Crippen molar-refractivity contribution in [1.29, 1.82) is 0 Å². The van der Waals surface area contributed by atoms with Crippen LogP contribution in [0.2, 0.25) is 0 Å². The highest BCUT2D eigenvalue weighted by molar-refractivity contribution is 7.11. The maximum Gasteiger partial charge on any atom is 0.325 e. The SMILES string of the molecule is Cc1cnc(CNC(=O)NC(C)C(=O)O)s1. The van der Waals surface area contributed by atoms with E-state index in [0.717, 1.165) is 9.88 Å². The minimum absolute atomic E-state index is 0.302. The van der Waals surface area contributed by atoms with Crippen LogP contribution < -0.4 is 10.6 Å². The van der Waals surface area contributed by atoms with Gasteiger partial charge in [-0.3, -0.25) is 4.79 Å². The van der Waals surface area contributed by atoms with E-state index in [9.17, 15) is 9.59 Å². The van der Waals surface area contributed by atoms with Crippen molar-refractivity contribution in [2.75, 3.05) is 0 Å². The fraction of sp³-hybridized carbons (Fsp3) is 0.444. The zero-order valence-corrected chi connectivity index (χ0v) is 9.80. The van der Waals surface area contributed by atoms with Crippen molar-refractivity contribution in [3.05, 3.63) is 16.1 Å². The van der Waals surface area contributed by atoms with E-state index >= 15 is 0 Å². The molecule has 0 saturated carbocycles. The van der Waals surface area contributed by atoms with Crippen molar-refractivity contribution in [3.63, 3.8) is 0 Å². The van der Waals surface area contributed by atoms with Gasteiger partial charge in [-0.2, -0.15) is 0 Å². The summed E-state index contributed by atoms with van der Waals surface area (Å²) >= 11 is 1.48. The van der Waals surface area contributed by atoms with Gasteiger partial charge in [-0.05, 0) is 13.8 Å². The molecule has 1 rings (SSSR count). The van der Waals surface area contributed by atoms with Crippen LogP contribution in [0.4, 0.5) is 4.79 Å². The molecule has 88 valence electrons. The zero-order valence-electron chi connectivity index (χ0n) is 8.98. The molecule has 1 heterocycles. The molecule has 2 amide bonds. The standard InChI is InChI=1S/C9H13N3O3S/c1-5-3-10-7(16-5)4-11-9(15)12-6(2)8(13)14/h3,6H,4H2,1-2H3,(H,13,14)(H2,11,12,15). The number of carboxylic acid groups (broad SMARTS) is 1. The summed E-state index contributed by atoms with van der Waals surface area (Å²) in [5, 5.41) is 14.2. The summed E-state index contributed by atoms with van der Waals surface area (Å²) in [6, 6.07) is -1.42. The third kappa shape index (κ3) is 3.85. The number of rotatable bonds is 4. The molecule has 1 unspecified atom stereocenters. The number of carbonyl (C=O) groups excluding carboxylic acids is 1. The van der Waals surface area contributed by atoms with Gasteiger partial charge in [-0.25, -0.2) is 9.78 Å². The number of urea groups is 1. The summed E-state index contributed by atoms with van der Waals surface area (Å²) in [5.41, 5.74) is 0. The van der Waals surface area contributed by atoms with E-state index in [2.05, 4.69) is 15.6 Å². The molecule has 0 bridgehead atoms. The lowest BCUT2D eigenvalue weighted by Gasteiger charge is -2.09. The molecule has 0 spiro atoms. The molecule has 6 nitrogen and oxygen atoms in total. The largest absolute Gasteiger partial charge is 0.480 e. The topological polar surface area (TPSA) is 91.3 Å². The number of nitrogens with zero attached hydrogens (tertiary/aromatic N) is 1. The molecule has 0 aliphatic heterocycles. The molecule has 1 aromatic rings. The number of carboxylic acids is 1. The average Bonchev–Trinajstić information content (AvgIpc) is 2.61. The quantitative estimate of drug-likeness (QED) is 0.726. The lowest BCUT2D eigenvalue weighted by molar-refractivity contribution is -0.138. The predicted octanol–water partition coefficient (Wildman–Crippen LogP) is 0.724. The number of nitrogens with one attached hydrogen (secondary N) is 2. The lowest BCUT2D eigenvalue weighted by Crippen LogP contribution is -2.44. The first-order valence-corrected chi connectivity index (χ1v) is 5.49. The minimum atomic E-state index is -1.07. The fourth-order valence-corrected chi connectivity index (χ4v) is 1.68. The van der Waals surface area contributed by atoms with E-state index in [-0.39, 0.29) is 0 Å². The molecule has 0 fully saturated rings. The van der Waals surface area contributed by atoms with Crippen molar-refractivity contribution >= 4 is 23.3 Å². The Labute approximate surface area is 96.7 Å². The van der Waals surface area contributed by atoms with Gasteiger partial charge in [-0.1, -0.05) is 0 Å². The van der Waals surface area contributed by atoms with E-state index in [4.69, 9.17) is 5.11 Å². The second-order valence-electron chi connectivity index (χ2n) is 3.25. The van der Waals surface area contributed by atoms with Gasteiger partial charge >= 0.3 is 12.0 Å². The summed E-state index contributed by atoms with van der Waals surface area (Å²) in [5.74, 6) is -1.07. The molecular formula is C9H13N3O3S. The van der Waals surface area contributed by atoms with Crippen LogP contribution in [0.15, 0.2) is 6.20 Å². The Bertz CT molecular complexity index is 391.